The Labute approximate surface area is 137 Å². The second-order valence-corrected chi connectivity index (χ2v) is 6.80. The van der Waals surface area contributed by atoms with Crippen LogP contribution in [0.25, 0.3) is 0 Å². The minimum Gasteiger partial charge on any atom is -0.369 e. The monoisotopic (exact) mass is 312 g/mol. The van der Waals surface area contributed by atoms with Crippen LogP contribution in [0.5, 0.6) is 0 Å². The maximum absolute atomic E-state index is 5.49. The Morgan fingerprint density at radius 3 is 2.65 bits per heavy atom. The van der Waals surface area contributed by atoms with E-state index in [2.05, 4.69) is 58.1 Å². The molecule has 0 N–H and O–H groups in total. The summed E-state index contributed by atoms with van der Waals surface area (Å²) in [5.74, 6) is 2.24. The van der Waals surface area contributed by atoms with E-state index in [1.807, 2.05) is 0 Å². The molecule has 0 spiro atoms. The molecule has 2 aliphatic rings. The molecule has 5 heteroatoms. The van der Waals surface area contributed by atoms with Gasteiger partial charge in [0.25, 0.3) is 0 Å². The van der Waals surface area contributed by atoms with Crippen LogP contribution in [0.4, 0.5) is 5.69 Å². The van der Waals surface area contributed by atoms with Crippen LogP contribution in [0.2, 0.25) is 0 Å². The summed E-state index contributed by atoms with van der Waals surface area (Å²) in [6.45, 7) is 8.45. The average Bonchev–Trinajstić information content (AvgIpc) is 3.32. The third kappa shape index (κ3) is 3.11. The molecule has 23 heavy (non-hydrogen) atoms. The Morgan fingerprint density at radius 2 is 1.96 bits per heavy atom. The number of aromatic nitrogens is 2. The Morgan fingerprint density at radius 1 is 1.17 bits per heavy atom. The zero-order valence-corrected chi connectivity index (χ0v) is 13.9. The van der Waals surface area contributed by atoms with Gasteiger partial charge in [-0.15, -0.1) is 0 Å². The van der Waals surface area contributed by atoms with Crippen molar-refractivity contribution in [2.75, 3.05) is 31.1 Å². The zero-order valence-electron chi connectivity index (χ0n) is 13.9. The minimum atomic E-state index is 0.203. The molecule has 4 rings (SSSR count). The molecule has 2 aromatic rings. The molecule has 0 unspecified atom stereocenters. The number of aryl methyl sites for hydroxylation is 1. The SMILES string of the molecule is Cc1cccc(N2CCN([C@@H](C)c3nc(C4CC4)no3)CC2)c1. The molecular formula is C18H24N4O. The van der Waals surface area contributed by atoms with Gasteiger partial charge >= 0.3 is 0 Å². The lowest BCUT2D eigenvalue weighted by Crippen LogP contribution is -2.47. The molecular weight excluding hydrogens is 288 g/mol. The molecule has 0 radical (unpaired) electrons. The largest absolute Gasteiger partial charge is 0.369 e. The van der Waals surface area contributed by atoms with Gasteiger partial charge in [0.1, 0.15) is 0 Å². The van der Waals surface area contributed by atoms with Gasteiger partial charge in [-0.05, 0) is 44.4 Å². The van der Waals surface area contributed by atoms with Gasteiger partial charge in [0.2, 0.25) is 5.89 Å². The third-order valence-electron chi connectivity index (χ3n) is 4.99. The Balaban J connectivity index is 1.38. The Hall–Kier alpha value is -1.88. The number of nitrogens with zero attached hydrogens (tertiary/aromatic N) is 4. The van der Waals surface area contributed by atoms with Gasteiger partial charge in [-0.2, -0.15) is 4.98 Å². The second kappa shape index (κ2) is 5.96. The summed E-state index contributed by atoms with van der Waals surface area (Å²) in [4.78, 5) is 9.50. The van der Waals surface area contributed by atoms with Crippen LogP contribution >= 0.6 is 0 Å². The predicted molar refractivity (Wildman–Crippen MR) is 89.7 cm³/mol. The van der Waals surface area contributed by atoms with Crippen LogP contribution in [-0.2, 0) is 0 Å². The van der Waals surface area contributed by atoms with E-state index < -0.39 is 0 Å². The van der Waals surface area contributed by atoms with Crippen molar-refractivity contribution in [1.29, 1.82) is 0 Å². The molecule has 1 aliphatic heterocycles. The molecule has 1 aromatic carbocycles. The van der Waals surface area contributed by atoms with Crippen LogP contribution < -0.4 is 4.90 Å². The van der Waals surface area contributed by atoms with Crippen molar-refractivity contribution in [1.82, 2.24) is 15.0 Å². The molecule has 1 saturated carbocycles. The van der Waals surface area contributed by atoms with Crippen LogP contribution in [0.1, 0.15) is 49.0 Å². The first-order valence-corrected chi connectivity index (χ1v) is 8.60. The molecule has 5 nitrogen and oxygen atoms in total. The summed E-state index contributed by atoms with van der Waals surface area (Å²) in [6, 6.07) is 8.95. The number of hydrogen-bond donors (Lipinski definition) is 0. The number of piperazine rings is 1. The van der Waals surface area contributed by atoms with Crippen molar-refractivity contribution in [2.24, 2.45) is 0 Å². The van der Waals surface area contributed by atoms with Gasteiger partial charge < -0.3 is 9.42 Å². The van der Waals surface area contributed by atoms with E-state index in [4.69, 9.17) is 4.52 Å². The van der Waals surface area contributed by atoms with Crippen molar-refractivity contribution in [3.05, 3.63) is 41.5 Å². The highest BCUT2D eigenvalue weighted by molar-refractivity contribution is 5.48. The van der Waals surface area contributed by atoms with Gasteiger partial charge in [-0.1, -0.05) is 17.3 Å². The van der Waals surface area contributed by atoms with E-state index in [1.54, 1.807) is 0 Å². The molecule has 1 aromatic heterocycles. The normalized spacial score (nSPS) is 20.7. The van der Waals surface area contributed by atoms with E-state index in [-0.39, 0.29) is 6.04 Å². The van der Waals surface area contributed by atoms with Crippen LogP contribution in [-0.4, -0.2) is 41.2 Å². The summed E-state index contributed by atoms with van der Waals surface area (Å²) >= 11 is 0. The summed E-state index contributed by atoms with van der Waals surface area (Å²) in [5, 5.41) is 4.14. The quantitative estimate of drug-likeness (QED) is 0.868. The first kappa shape index (κ1) is 14.7. The maximum atomic E-state index is 5.49. The van der Waals surface area contributed by atoms with Gasteiger partial charge in [0.15, 0.2) is 5.82 Å². The standard InChI is InChI=1S/C18H24N4O/c1-13-4-3-5-16(12-13)22-10-8-21(9-11-22)14(2)18-19-17(20-23-18)15-6-7-15/h3-5,12,14-15H,6-11H2,1-2H3/t14-/m0/s1. The van der Waals surface area contributed by atoms with Crippen LogP contribution in [0.15, 0.2) is 28.8 Å². The van der Waals surface area contributed by atoms with Crippen LogP contribution in [0.3, 0.4) is 0 Å². The minimum absolute atomic E-state index is 0.203. The lowest BCUT2D eigenvalue weighted by Gasteiger charge is -2.38. The van der Waals surface area contributed by atoms with E-state index in [0.717, 1.165) is 37.9 Å². The number of rotatable bonds is 4. The predicted octanol–water partition coefficient (Wildman–Crippen LogP) is 3.14. The van der Waals surface area contributed by atoms with E-state index in [1.165, 1.54) is 24.1 Å². The molecule has 122 valence electrons. The summed E-state index contributed by atoms with van der Waals surface area (Å²) in [5.41, 5.74) is 2.64. The summed E-state index contributed by atoms with van der Waals surface area (Å²) in [6.07, 6.45) is 2.42. The molecule has 0 bridgehead atoms. The molecule has 1 saturated heterocycles. The van der Waals surface area contributed by atoms with Crippen molar-refractivity contribution < 1.29 is 4.52 Å². The van der Waals surface area contributed by atoms with Gasteiger partial charge in [-0.3, -0.25) is 4.90 Å². The fourth-order valence-corrected chi connectivity index (χ4v) is 3.27. The highest BCUT2D eigenvalue weighted by Gasteiger charge is 2.31. The van der Waals surface area contributed by atoms with Crippen LogP contribution in [0, 0.1) is 6.92 Å². The first-order valence-electron chi connectivity index (χ1n) is 8.60. The number of anilines is 1. The number of hydrogen-bond acceptors (Lipinski definition) is 5. The third-order valence-corrected chi connectivity index (χ3v) is 4.99. The molecule has 1 atom stereocenters. The lowest BCUT2D eigenvalue weighted by atomic mass is 10.1. The Bertz CT molecular complexity index is 671. The van der Waals surface area contributed by atoms with Crippen molar-refractivity contribution in [3.8, 4) is 0 Å². The fraction of sp³-hybridized carbons (Fsp3) is 0.556. The maximum Gasteiger partial charge on any atom is 0.243 e. The Kier molecular flexibility index (Phi) is 3.81. The van der Waals surface area contributed by atoms with Crippen molar-refractivity contribution in [3.63, 3.8) is 0 Å². The van der Waals surface area contributed by atoms with Crippen molar-refractivity contribution >= 4 is 5.69 Å². The topological polar surface area (TPSA) is 45.4 Å². The highest BCUT2D eigenvalue weighted by atomic mass is 16.5. The van der Waals surface area contributed by atoms with E-state index in [0.29, 0.717) is 5.92 Å². The summed E-state index contributed by atoms with van der Waals surface area (Å²) in [7, 11) is 0. The molecule has 2 heterocycles. The first-order chi connectivity index (χ1) is 11.2. The molecule has 2 fully saturated rings. The number of benzene rings is 1. The zero-order chi connectivity index (χ0) is 15.8. The van der Waals surface area contributed by atoms with Crippen molar-refractivity contribution in [2.45, 2.75) is 38.6 Å². The second-order valence-electron chi connectivity index (χ2n) is 6.80. The van der Waals surface area contributed by atoms with Gasteiger partial charge in [-0.25, -0.2) is 0 Å². The van der Waals surface area contributed by atoms with E-state index in [9.17, 15) is 0 Å². The molecule has 1 aliphatic carbocycles. The van der Waals surface area contributed by atoms with E-state index >= 15 is 0 Å². The highest BCUT2D eigenvalue weighted by Crippen LogP contribution is 2.38. The fourth-order valence-electron chi connectivity index (χ4n) is 3.27. The van der Waals surface area contributed by atoms with Gasteiger partial charge in [0, 0.05) is 37.8 Å². The lowest BCUT2D eigenvalue weighted by molar-refractivity contribution is 0.164. The summed E-state index contributed by atoms with van der Waals surface area (Å²) < 4.78 is 5.49. The smallest absolute Gasteiger partial charge is 0.243 e. The molecule has 0 amide bonds. The van der Waals surface area contributed by atoms with Gasteiger partial charge in [0.05, 0.1) is 6.04 Å². The average molecular weight is 312 g/mol.